The molecule has 0 heterocycles. The number of rotatable bonds is 8. The SMILES string of the molecule is CCCCOCCCNC(=O)c1cccc(Br)c1F. The summed E-state index contributed by atoms with van der Waals surface area (Å²) in [7, 11) is 0. The third kappa shape index (κ3) is 5.70. The van der Waals surface area contributed by atoms with Crippen molar-refractivity contribution in [3.8, 4) is 0 Å². The zero-order valence-corrected chi connectivity index (χ0v) is 12.6. The molecule has 0 saturated heterocycles. The van der Waals surface area contributed by atoms with Crippen LogP contribution in [0.5, 0.6) is 0 Å². The Balaban J connectivity index is 2.26. The first-order valence-electron chi connectivity index (χ1n) is 6.46. The van der Waals surface area contributed by atoms with E-state index in [0.717, 1.165) is 25.9 Å². The molecule has 1 rings (SSSR count). The summed E-state index contributed by atoms with van der Waals surface area (Å²) < 4.78 is 19.3. The number of hydrogen-bond acceptors (Lipinski definition) is 2. The van der Waals surface area contributed by atoms with E-state index in [4.69, 9.17) is 4.74 Å². The Hall–Kier alpha value is -0.940. The smallest absolute Gasteiger partial charge is 0.254 e. The van der Waals surface area contributed by atoms with Gasteiger partial charge in [0.15, 0.2) is 0 Å². The van der Waals surface area contributed by atoms with Crippen LogP contribution in [0.1, 0.15) is 36.5 Å². The van der Waals surface area contributed by atoms with Gasteiger partial charge in [0, 0.05) is 19.8 Å². The van der Waals surface area contributed by atoms with Crippen molar-refractivity contribution in [2.24, 2.45) is 0 Å². The van der Waals surface area contributed by atoms with E-state index < -0.39 is 11.7 Å². The minimum atomic E-state index is -0.529. The largest absolute Gasteiger partial charge is 0.381 e. The Morgan fingerprint density at radius 3 is 2.84 bits per heavy atom. The Morgan fingerprint density at radius 2 is 2.11 bits per heavy atom. The maximum absolute atomic E-state index is 13.6. The maximum atomic E-state index is 13.6. The second-order valence-electron chi connectivity index (χ2n) is 4.18. The highest BCUT2D eigenvalue weighted by molar-refractivity contribution is 9.10. The topological polar surface area (TPSA) is 38.3 Å². The van der Waals surface area contributed by atoms with Crippen molar-refractivity contribution in [1.82, 2.24) is 5.32 Å². The van der Waals surface area contributed by atoms with Crippen molar-refractivity contribution >= 4 is 21.8 Å². The lowest BCUT2D eigenvalue weighted by Gasteiger charge is -2.07. The number of ether oxygens (including phenoxy) is 1. The molecule has 0 unspecified atom stereocenters. The summed E-state index contributed by atoms with van der Waals surface area (Å²) in [6.45, 7) is 3.96. The van der Waals surface area contributed by atoms with E-state index in [1.54, 1.807) is 12.1 Å². The molecule has 0 atom stereocenters. The monoisotopic (exact) mass is 331 g/mol. The predicted octanol–water partition coefficient (Wildman–Crippen LogP) is 3.52. The van der Waals surface area contributed by atoms with Crippen LogP contribution in [0.3, 0.4) is 0 Å². The first-order chi connectivity index (χ1) is 9.16. The lowest BCUT2D eigenvalue weighted by Crippen LogP contribution is -2.26. The van der Waals surface area contributed by atoms with Crippen molar-refractivity contribution in [2.75, 3.05) is 19.8 Å². The van der Waals surface area contributed by atoms with Crippen LogP contribution in [-0.2, 0) is 4.74 Å². The zero-order chi connectivity index (χ0) is 14.1. The highest BCUT2D eigenvalue weighted by atomic mass is 79.9. The number of carbonyl (C=O) groups is 1. The van der Waals surface area contributed by atoms with Gasteiger partial charge in [-0.05, 0) is 40.9 Å². The van der Waals surface area contributed by atoms with Crippen LogP contribution in [0.25, 0.3) is 0 Å². The molecule has 0 bridgehead atoms. The minimum absolute atomic E-state index is 0.0567. The lowest BCUT2D eigenvalue weighted by atomic mass is 10.2. The Bertz CT molecular complexity index is 412. The summed E-state index contributed by atoms with van der Waals surface area (Å²) in [6.07, 6.45) is 2.89. The number of carbonyl (C=O) groups excluding carboxylic acids is 1. The van der Waals surface area contributed by atoms with Gasteiger partial charge in [-0.3, -0.25) is 4.79 Å². The minimum Gasteiger partial charge on any atom is -0.381 e. The van der Waals surface area contributed by atoms with E-state index in [1.807, 2.05) is 0 Å². The van der Waals surface area contributed by atoms with Gasteiger partial charge in [-0.1, -0.05) is 19.4 Å². The molecule has 0 aromatic heterocycles. The Morgan fingerprint density at radius 1 is 1.37 bits per heavy atom. The van der Waals surface area contributed by atoms with Crippen LogP contribution in [0.15, 0.2) is 22.7 Å². The summed E-state index contributed by atoms with van der Waals surface area (Å²) in [6, 6.07) is 4.66. The van der Waals surface area contributed by atoms with Crippen LogP contribution in [0.4, 0.5) is 4.39 Å². The number of amides is 1. The molecule has 3 nitrogen and oxygen atoms in total. The molecule has 0 aliphatic rings. The summed E-state index contributed by atoms with van der Waals surface area (Å²) in [5.41, 5.74) is 0.0567. The summed E-state index contributed by atoms with van der Waals surface area (Å²) >= 11 is 3.06. The molecule has 106 valence electrons. The van der Waals surface area contributed by atoms with E-state index in [9.17, 15) is 9.18 Å². The molecule has 5 heteroatoms. The fraction of sp³-hybridized carbons (Fsp3) is 0.500. The fourth-order valence-corrected chi connectivity index (χ4v) is 1.87. The van der Waals surface area contributed by atoms with E-state index >= 15 is 0 Å². The fourth-order valence-electron chi connectivity index (χ4n) is 1.50. The molecule has 1 aromatic rings. The molecule has 0 fully saturated rings. The van der Waals surface area contributed by atoms with E-state index in [2.05, 4.69) is 28.2 Å². The molecule has 0 aliphatic carbocycles. The van der Waals surface area contributed by atoms with E-state index in [0.29, 0.717) is 17.6 Å². The van der Waals surface area contributed by atoms with Crippen molar-refractivity contribution in [3.63, 3.8) is 0 Å². The van der Waals surface area contributed by atoms with Crippen LogP contribution in [0, 0.1) is 5.82 Å². The number of benzene rings is 1. The third-order valence-corrected chi connectivity index (χ3v) is 3.20. The molecule has 1 amide bonds. The zero-order valence-electron chi connectivity index (χ0n) is 11.0. The third-order valence-electron chi connectivity index (χ3n) is 2.59. The van der Waals surface area contributed by atoms with E-state index in [1.165, 1.54) is 6.07 Å². The average molecular weight is 332 g/mol. The molecule has 0 radical (unpaired) electrons. The van der Waals surface area contributed by atoms with Crippen molar-refractivity contribution in [2.45, 2.75) is 26.2 Å². The number of unbranched alkanes of at least 4 members (excludes halogenated alkanes) is 1. The second kappa shape index (κ2) is 9.04. The molecule has 0 spiro atoms. The highest BCUT2D eigenvalue weighted by Gasteiger charge is 2.12. The summed E-state index contributed by atoms with van der Waals surface area (Å²) in [5.74, 6) is -0.924. The van der Waals surface area contributed by atoms with Crippen LogP contribution < -0.4 is 5.32 Å². The van der Waals surface area contributed by atoms with Crippen LogP contribution >= 0.6 is 15.9 Å². The van der Waals surface area contributed by atoms with Crippen molar-refractivity contribution in [1.29, 1.82) is 0 Å². The lowest BCUT2D eigenvalue weighted by molar-refractivity contribution is 0.0936. The molecule has 19 heavy (non-hydrogen) atoms. The van der Waals surface area contributed by atoms with Gasteiger partial charge in [-0.2, -0.15) is 0 Å². The van der Waals surface area contributed by atoms with Gasteiger partial charge in [0.1, 0.15) is 5.82 Å². The van der Waals surface area contributed by atoms with Crippen molar-refractivity contribution in [3.05, 3.63) is 34.1 Å². The predicted molar refractivity (Wildman–Crippen MR) is 76.8 cm³/mol. The van der Waals surface area contributed by atoms with Crippen molar-refractivity contribution < 1.29 is 13.9 Å². The molecule has 1 N–H and O–H groups in total. The standard InChI is InChI=1S/C14H19BrFNO2/c1-2-3-9-19-10-5-8-17-14(18)11-6-4-7-12(15)13(11)16/h4,6-7H,2-3,5,8-10H2,1H3,(H,17,18). The Kier molecular flexibility index (Phi) is 7.67. The first kappa shape index (κ1) is 16.1. The van der Waals surface area contributed by atoms with E-state index in [-0.39, 0.29) is 5.56 Å². The second-order valence-corrected chi connectivity index (χ2v) is 5.03. The quantitative estimate of drug-likeness (QED) is 0.740. The van der Waals surface area contributed by atoms with Gasteiger partial charge in [0.2, 0.25) is 0 Å². The van der Waals surface area contributed by atoms with Gasteiger partial charge in [-0.25, -0.2) is 4.39 Å². The maximum Gasteiger partial charge on any atom is 0.254 e. The molecule has 1 aromatic carbocycles. The average Bonchev–Trinajstić information content (AvgIpc) is 2.40. The number of nitrogens with one attached hydrogen (secondary N) is 1. The van der Waals surface area contributed by atoms with Gasteiger partial charge in [0.05, 0.1) is 10.0 Å². The first-order valence-corrected chi connectivity index (χ1v) is 7.26. The molecular weight excluding hydrogens is 313 g/mol. The summed E-state index contributed by atoms with van der Waals surface area (Å²) in [5, 5.41) is 2.68. The van der Waals surface area contributed by atoms with Gasteiger partial charge >= 0.3 is 0 Å². The number of hydrogen-bond donors (Lipinski definition) is 1. The molecular formula is C14H19BrFNO2. The van der Waals surface area contributed by atoms with Gasteiger partial charge < -0.3 is 10.1 Å². The summed E-state index contributed by atoms with van der Waals surface area (Å²) in [4.78, 5) is 11.7. The molecule has 0 saturated carbocycles. The van der Waals surface area contributed by atoms with Gasteiger partial charge in [-0.15, -0.1) is 0 Å². The van der Waals surface area contributed by atoms with Crippen LogP contribution in [-0.4, -0.2) is 25.7 Å². The van der Waals surface area contributed by atoms with Gasteiger partial charge in [0.25, 0.3) is 5.91 Å². The van der Waals surface area contributed by atoms with Crippen LogP contribution in [0.2, 0.25) is 0 Å². The Labute approximate surface area is 121 Å². The molecule has 0 aliphatic heterocycles. The highest BCUT2D eigenvalue weighted by Crippen LogP contribution is 2.18. The normalized spacial score (nSPS) is 10.5. The number of halogens is 2.